The second-order valence-corrected chi connectivity index (χ2v) is 7.45. The Hall–Kier alpha value is -0.990. The molecule has 2 heterocycles. The number of halogens is 1. The SMILES string of the molecule is COCC(COC)Sc1nc2cc(N3CCNCC3)c(Cl)cc2[nH]1. The van der Waals surface area contributed by atoms with Gasteiger partial charge in [-0.2, -0.15) is 0 Å². The first-order chi connectivity index (χ1) is 11.7. The second kappa shape index (κ2) is 8.40. The first-order valence-electron chi connectivity index (χ1n) is 8.00. The van der Waals surface area contributed by atoms with Gasteiger partial charge in [-0.1, -0.05) is 23.4 Å². The molecule has 0 aliphatic carbocycles. The van der Waals surface area contributed by atoms with Gasteiger partial charge in [0.25, 0.3) is 0 Å². The molecule has 0 unspecified atom stereocenters. The maximum Gasteiger partial charge on any atom is 0.166 e. The minimum absolute atomic E-state index is 0.198. The van der Waals surface area contributed by atoms with Crippen molar-refractivity contribution in [1.82, 2.24) is 15.3 Å². The van der Waals surface area contributed by atoms with E-state index in [4.69, 9.17) is 26.1 Å². The van der Waals surface area contributed by atoms with Gasteiger partial charge in [-0.05, 0) is 12.1 Å². The summed E-state index contributed by atoms with van der Waals surface area (Å²) in [6, 6.07) is 4.04. The van der Waals surface area contributed by atoms with Gasteiger partial charge >= 0.3 is 0 Å². The van der Waals surface area contributed by atoms with Gasteiger partial charge in [0.05, 0.1) is 40.2 Å². The third kappa shape index (κ3) is 4.15. The van der Waals surface area contributed by atoms with Crippen molar-refractivity contribution in [3.8, 4) is 0 Å². The Morgan fingerprint density at radius 1 is 1.25 bits per heavy atom. The van der Waals surface area contributed by atoms with Crippen LogP contribution >= 0.6 is 23.4 Å². The highest BCUT2D eigenvalue weighted by Gasteiger charge is 2.17. The zero-order chi connectivity index (χ0) is 16.9. The van der Waals surface area contributed by atoms with E-state index in [2.05, 4.69) is 21.3 Å². The van der Waals surface area contributed by atoms with Gasteiger partial charge in [-0.3, -0.25) is 0 Å². The van der Waals surface area contributed by atoms with Crippen molar-refractivity contribution < 1.29 is 9.47 Å². The summed E-state index contributed by atoms with van der Waals surface area (Å²) in [5.41, 5.74) is 2.94. The van der Waals surface area contributed by atoms with Crippen LogP contribution in [0.2, 0.25) is 5.02 Å². The average molecular weight is 371 g/mol. The van der Waals surface area contributed by atoms with E-state index in [1.807, 2.05) is 6.07 Å². The van der Waals surface area contributed by atoms with Gasteiger partial charge in [0, 0.05) is 40.4 Å². The largest absolute Gasteiger partial charge is 0.383 e. The highest BCUT2D eigenvalue weighted by molar-refractivity contribution is 7.99. The molecule has 0 radical (unpaired) electrons. The van der Waals surface area contributed by atoms with E-state index in [0.717, 1.165) is 53.1 Å². The molecule has 1 aromatic heterocycles. The molecule has 0 bridgehead atoms. The fraction of sp³-hybridized carbons (Fsp3) is 0.562. The summed E-state index contributed by atoms with van der Waals surface area (Å²) in [5, 5.41) is 5.17. The maximum absolute atomic E-state index is 6.49. The predicted octanol–water partition coefficient (Wildman–Crippen LogP) is 2.38. The molecule has 0 amide bonds. The van der Waals surface area contributed by atoms with Crippen LogP contribution in [0.5, 0.6) is 0 Å². The number of aromatic nitrogens is 2. The molecule has 2 N–H and O–H groups in total. The number of imidazole rings is 1. The molecule has 6 nitrogen and oxygen atoms in total. The van der Waals surface area contributed by atoms with Gasteiger partial charge in [0.2, 0.25) is 0 Å². The molecular weight excluding hydrogens is 348 g/mol. The Kier molecular flexibility index (Phi) is 6.24. The van der Waals surface area contributed by atoms with Crippen molar-refractivity contribution in [2.75, 3.05) is 58.5 Å². The molecule has 2 aromatic rings. The molecule has 3 rings (SSSR count). The molecule has 1 aliphatic heterocycles. The van der Waals surface area contributed by atoms with Crippen molar-refractivity contribution in [1.29, 1.82) is 0 Å². The lowest BCUT2D eigenvalue weighted by atomic mass is 10.2. The van der Waals surface area contributed by atoms with Crippen molar-refractivity contribution in [3.63, 3.8) is 0 Å². The summed E-state index contributed by atoms with van der Waals surface area (Å²) in [7, 11) is 3.39. The number of ether oxygens (including phenoxy) is 2. The van der Waals surface area contributed by atoms with E-state index in [9.17, 15) is 0 Å². The van der Waals surface area contributed by atoms with Gasteiger partial charge in [0.1, 0.15) is 0 Å². The Morgan fingerprint density at radius 3 is 2.62 bits per heavy atom. The van der Waals surface area contributed by atoms with E-state index in [0.29, 0.717) is 13.2 Å². The fourth-order valence-electron chi connectivity index (χ4n) is 2.85. The molecule has 1 saturated heterocycles. The van der Waals surface area contributed by atoms with E-state index < -0.39 is 0 Å². The Morgan fingerprint density at radius 2 is 1.96 bits per heavy atom. The number of fused-ring (bicyclic) bond motifs is 1. The Balaban J connectivity index is 1.82. The highest BCUT2D eigenvalue weighted by atomic mass is 35.5. The van der Waals surface area contributed by atoms with Crippen LogP contribution < -0.4 is 10.2 Å². The lowest BCUT2D eigenvalue weighted by molar-refractivity contribution is 0.144. The first-order valence-corrected chi connectivity index (χ1v) is 9.26. The second-order valence-electron chi connectivity index (χ2n) is 5.75. The summed E-state index contributed by atoms with van der Waals surface area (Å²) >= 11 is 8.12. The van der Waals surface area contributed by atoms with E-state index in [-0.39, 0.29) is 5.25 Å². The molecular formula is C16H23ClN4O2S. The van der Waals surface area contributed by atoms with Crippen LogP contribution in [0.15, 0.2) is 17.3 Å². The van der Waals surface area contributed by atoms with E-state index in [1.54, 1.807) is 26.0 Å². The predicted molar refractivity (Wildman–Crippen MR) is 99.6 cm³/mol. The molecule has 8 heteroatoms. The van der Waals surface area contributed by atoms with Gasteiger partial charge < -0.3 is 24.7 Å². The normalized spacial score (nSPS) is 15.6. The van der Waals surface area contributed by atoms with Crippen LogP contribution in [0.1, 0.15) is 0 Å². The van der Waals surface area contributed by atoms with Crippen LogP contribution in [0.25, 0.3) is 11.0 Å². The zero-order valence-electron chi connectivity index (χ0n) is 14.0. The number of nitrogens with one attached hydrogen (secondary N) is 2. The zero-order valence-corrected chi connectivity index (χ0v) is 15.5. The van der Waals surface area contributed by atoms with Crippen molar-refractivity contribution >= 4 is 40.1 Å². The monoisotopic (exact) mass is 370 g/mol. The lowest BCUT2D eigenvalue weighted by Gasteiger charge is -2.30. The van der Waals surface area contributed by atoms with Crippen molar-refractivity contribution in [2.45, 2.75) is 10.4 Å². The number of thioether (sulfide) groups is 1. The molecule has 1 aliphatic rings. The fourth-order valence-corrected chi connectivity index (χ4v) is 4.17. The van der Waals surface area contributed by atoms with Gasteiger partial charge in [0.15, 0.2) is 5.16 Å². The van der Waals surface area contributed by atoms with Crippen LogP contribution in [0.4, 0.5) is 5.69 Å². The minimum Gasteiger partial charge on any atom is -0.383 e. The molecule has 1 fully saturated rings. The molecule has 1 aromatic carbocycles. The number of rotatable bonds is 7. The van der Waals surface area contributed by atoms with Crippen LogP contribution in [-0.4, -0.2) is 68.8 Å². The topological polar surface area (TPSA) is 62.4 Å². The summed E-state index contributed by atoms with van der Waals surface area (Å²) in [6.45, 7) is 5.10. The van der Waals surface area contributed by atoms with Crippen LogP contribution in [-0.2, 0) is 9.47 Å². The standard InChI is InChI=1S/C16H23ClN4O2S/c1-22-9-11(10-23-2)24-16-19-13-7-12(17)15(8-14(13)20-16)21-5-3-18-4-6-21/h7-8,11,18H,3-6,9-10H2,1-2H3,(H,19,20). The van der Waals surface area contributed by atoms with Crippen molar-refractivity contribution in [3.05, 3.63) is 17.2 Å². The Labute approximate surface area is 151 Å². The summed E-state index contributed by atoms with van der Waals surface area (Å²) in [5.74, 6) is 0. The third-order valence-corrected chi connectivity index (χ3v) is 5.29. The number of H-pyrrole nitrogens is 1. The number of benzene rings is 1. The number of anilines is 1. The lowest BCUT2D eigenvalue weighted by Crippen LogP contribution is -2.43. The molecule has 24 heavy (non-hydrogen) atoms. The van der Waals surface area contributed by atoms with Crippen LogP contribution in [0, 0.1) is 0 Å². The van der Waals surface area contributed by atoms with Gasteiger partial charge in [-0.25, -0.2) is 4.98 Å². The minimum atomic E-state index is 0.198. The van der Waals surface area contributed by atoms with E-state index >= 15 is 0 Å². The van der Waals surface area contributed by atoms with E-state index in [1.165, 1.54) is 0 Å². The molecule has 132 valence electrons. The summed E-state index contributed by atoms with van der Waals surface area (Å²) < 4.78 is 10.5. The quantitative estimate of drug-likeness (QED) is 0.730. The highest BCUT2D eigenvalue weighted by Crippen LogP contribution is 2.32. The smallest absolute Gasteiger partial charge is 0.166 e. The maximum atomic E-state index is 6.49. The third-order valence-electron chi connectivity index (χ3n) is 3.97. The number of nitrogens with zero attached hydrogens (tertiary/aromatic N) is 2. The Bertz CT molecular complexity index is 669. The number of methoxy groups -OCH3 is 2. The molecule has 0 atom stereocenters. The average Bonchev–Trinajstić information content (AvgIpc) is 2.96. The van der Waals surface area contributed by atoms with Crippen molar-refractivity contribution in [2.24, 2.45) is 0 Å². The number of hydrogen-bond donors (Lipinski definition) is 2. The number of piperazine rings is 1. The number of aromatic amines is 1. The van der Waals surface area contributed by atoms with Crippen LogP contribution in [0.3, 0.4) is 0 Å². The first kappa shape index (κ1) is 17.8. The molecule has 0 saturated carbocycles. The summed E-state index contributed by atoms with van der Waals surface area (Å²) in [6.07, 6.45) is 0. The molecule has 0 spiro atoms. The summed E-state index contributed by atoms with van der Waals surface area (Å²) in [4.78, 5) is 10.4. The number of hydrogen-bond acceptors (Lipinski definition) is 6. The van der Waals surface area contributed by atoms with Gasteiger partial charge in [-0.15, -0.1) is 0 Å².